The van der Waals surface area contributed by atoms with Crippen molar-refractivity contribution in [2.75, 3.05) is 6.54 Å². The topological polar surface area (TPSA) is 41.1 Å². The molecule has 0 spiro atoms. The summed E-state index contributed by atoms with van der Waals surface area (Å²) in [5.41, 5.74) is 1.95. The molecule has 0 heterocycles. The Balaban J connectivity index is 2.67. The van der Waals surface area contributed by atoms with E-state index in [4.69, 9.17) is 0 Å². The van der Waals surface area contributed by atoms with E-state index in [2.05, 4.69) is 48.7 Å². The molecular weight excluding hydrogens is 260 g/mol. The summed E-state index contributed by atoms with van der Waals surface area (Å²) in [5, 5.41) is 6.28. The van der Waals surface area contributed by atoms with Gasteiger partial charge in [0.15, 0.2) is 0 Å². The second-order valence-electron chi connectivity index (χ2n) is 6.69. The predicted octanol–water partition coefficient (Wildman–Crippen LogP) is 3.45. The highest BCUT2D eigenvalue weighted by Crippen LogP contribution is 2.16. The van der Waals surface area contributed by atoms with Gasteiger partial charge in [0, 0.05) is 0 Å². The molecule has 1 amide bonds. The van der Waals surface area contributed by atoms with E-state index in [0.717, 1.165) is 18.5 Å². The second kappa shape index (κ2) is 7.60. The van der Waals surface area contributed by atoms with Crippen LogP contribution in [0.25, 0.3) is 0 Å². The van der Waals surface area contributed by atoms with Crippen molar-refractivity contribution in [3.8, 4) is 0 Å². The highest BCUT2D eigenvalue weighted by atomic mass is 16.2. The average molecular weight is 290 g/mol. The first-order chi connectivity index (χ1) is 9.76. The van der Waals surface area contributed by atoms with Gasteiger partial charge in [-0.25, -0.2) is 0 Å². The summed E-state index contributed by atoms with van der Waals surface area (Å²) in [5.74, 6) is 0.692. The Morgan fingerprint density at radius 2 is 1.71 bits per heavy atom. The van der Waals surface area contributed by atoms with Crippen molar-refractivity contribution >= 4 is 5.91 Å². The molecule has 0 aliphatic carbocycles. The van der Waals surface area contributed by atoms with Crippen LogP contribution in [-0.4, -0.2) is 18.0 Å². The van der Waals surface area contributed by atoms with Crippen LogP contribution < -0.4 is 10.6 Å². The van der Waals surface area contributed by atoms with Crippen LogP contribution in [0.3, 0.4) is 0 Å². The fourth-order valence-corrected chi connectivity index (χ4v) is 2.40. The molecule has 3 nitrogen and oxygen atoms in total. The SMILES string of the molecule is CCNC(C)(C)C(=O)NC(C)c1ccc(CC(C)C)cc1. The van der Waals surface area contributed by atoms with E-state index in [9.17, 15) is 4.79 Å². The molecule has 21 heavy (non-hydrogen) atoms. The molecule has 2 N–H and O–H groups in total. The summed E-state index contributed by atoms with van der Waals surface area (Å²) in [6.07, 6.45) is 1.09. The van der Waals surface area contributed by atoms with E-state index in [0.29, 0.717) is 5.92 Å². The van der Waals surface area contributed by atoms with Crippen molar-refractivity contribution < 1.29 is 4.79 Å². The van der Waals surface area contributed by atoms with Crippen LogP contribution in [0.1, 0.15) is 58.7 Å². The maximum Gasteiger partial charge on any atom is 0.240 e. The summed E-state index contributed by atoms with van der Waals surface area (Å²) >= 11 is 0. The maximum atomic E-state index is 12.3. The lowest BCUT2D eigenvalue weighted by molar-refractivity contribution is -0.127. The molecular formula is C18H30N2O. The maximum absolute atomic E-state index is 12.3. The van der Waals surface area contributed by atoms with Crippen LogP contribution in [0, 0.1) is 5.92 Å². The molecule has 0 radical (unpaired) electrons. The number of likely N-dealkylation sites (N-methyl/N-ethyl adjacent to an activating group) is 1. The van der Waals surface area contributed by atoms with Crippen molar-refractivity contribution in [3.05, 3.63) is 35.4 Å². The minimum Gasteiger partial charge on any atom is -0.348 e. The Kier molecular flexibility index (Phi) is 6.41. The smallest absolute Gasteiger partial charge is 0.240 e. The van der Waals surface area contributed by atoms with Gasteiger partial charge < -0.3 is 10.6 Å². The van der Waals surface area contributed by atoms with Gasteiger partial charge in [0.25, 0.3) is 0 Å². The van der Waals surface area contributed by atoms with E-state index in [1.807, 2.05) is 27.7 Å². The molecule has 0 aliphatic rings. The normalized spacial score (nSPS) is 13.3. The third-order valence-electron chi connectivity index (χ3n) is 3.66. The molecule has 1 atom stereocenters. The van der Waals surface area contributed by atoms with Crippen molar-refractivity contribution in [3.63, 3.8) is 0 Å². The standard InChI is InChI=1S/C18H30N2O/c1-7-19-18(5,6)17(21)20-14(4)16-10-8-15(9-11-16)12-13(2)3/h8-11,13-14,19H,7,12H2,1-6H3,(H,20,21). The third-order valence-corrected chi connectivity index (χ3v) is 3.66. The molecule has 0 saturated heterocycles. The zero-order valence-corrected chi connectivity index (χ0v) is 14.3. The van der Waals surface area contributed by atoms with Crippen molar-refractivity contribution in [2.24, 2.45) is 5.92 Å². The number of hydrogen-bond donors (Lipinski definition) is 2. The van der Waals surface area contributed by atoms with Crippen LogP contribution in [0.5, 0.6) is 0 Å². The van der Waals surface area contributed by atoms with Crippen LogP contribution >= 0.6 is 0 Å². The van der Waals surface area contributed by atoms with Gasteiger partial charge in [-0.1, -0.05) is 45.0 Å². The van der Waals surface area contributed by atoms with Crippen LogP contribution in [0.15, 0.2) is 24.3 Å². The number of amides is 1. The van der Waals surface area contributed by atoms with E-state index >= 15 is 0 Å². The highest BCUT2D eigenvalue weighted by molar-refractivity contribution is 5.85. The molecule has 118 valence electrons. The lowest BCUT2D eigenvalue weighted by Gasteiger charge is -2.27. The summed E-state index contributed by atoms with van der Waals surface area (Å²) in [7, 11) is 0. The Morgan fingerprint density at radius 3 is 2.19 bits per heavy atom. The number of benzene rings is 1. The number of carbonyl (C=O) groups is 1. The molecule has 3 heteroatoms. The molecule has 1 rings (SSSR count). The minimum atomic E-state index is -0.541. The van der Waals surface area contributed by atoms with Gasteiger partial charge in [-0.15, -0.1) is 0 Å². The number of nitrogens with one attached hydrogen (secondary N) is 2. The molecule has 0 aliphatic heterocycles. The fourth-order valence-electron chi connectivity index (χ4n) is 2.40. The summed E-state index contributed by atoms with van der Waals surface area (Å²) in [6, 6.07) is 8.57. The van der Waals surface area contributed by atoms with Crippen LogP contribution in [0.4, 0.5) is 0 Å². The fraction of sp³-hybridized carbons (Fsp3) is 0.611. The molecule has 0 bridgehead atoms. The molecule has 1 aromatic rings. The lowest BCUT2D eigenvalue weighted by atomic mass is 9.99. The Morgan fingerprint density at radius 1 is 1.14 bits per heavy atom. The summed E-state index contributed by atoms with van der Waals surface area (Å²) in [6.45, 7) is 13.1. The summed E-state index contributed by atoms with van der Waals surface area (Å²) < 4.78 is 0. The van der Waals surface area contributed by atoms with Gasteiger partial charge in [0.05, 0.1) is 11.6 Å². The lowest BCUT2D eigenvalue weighted by Crippen LogP contribution is -2.52. The van der Waals surface area contributed by atoms with Gasteiger partial charge in [0.2, 0.25) is 5.91 Å². The van der Waals surface area contributed by atoms with Crippen molar-refractivity contribution in [1.29, 1.82) is 0 Å². The molecule has 0 saturated carbocycles. The summed E-state index contributed by atoms with van der Waals surface area (Å²) in [4.78, 5) is 12.3. The van der Waals surface area contributed by atoms with Crippen molar-refractivity contribution in [1.82, 2.24) is 10.6 Å². The number of rotatable bonds is 7. The Hall–Kier alpha value is -1.35. The molecule has 1 aromatic carbocycles. The highest BCUT2D eigenvalue weighted by Gasteiger charge is 2.27. The average Bonchev–Trinajstić information content (AvgIpc) is 2.38. The zero-order valence-electron chi connectivity index (χ0n) is 14.3. The van der Waals surface area contributed by atoms with Gasteiger partial charge in [-0.05, 0) is 50.8 Å². The minimum absolute atomic E-state index is 0.0172. The van der Waals surface area contributed by atoms with Gasteiger partial charge in [-0.3, -0.25) is 4.79 Å². The number of hydrogen-bond acceptors (Lipinski definition) is 2. The van der Waals surface area contributed by atoms with Gasteiger partial charge in [0.1, 0.15) is 0 Å². The Bertz CT molecular complexity index is 449. The van der Waals surface area contributed by atoms with Crippen LogP contribution in [0.2, 0.25) is 0 Å². The number of carbonyl (C=O) groups excluding carboxylic acids is 1. The van der Waals surface area contributed by atoms with E-state index in [-0.39, 0.29) is 11.9 Å². The zero-order chi connectivity index (χ0) is 16.0. The molecule has 1 unspecified atom stereocenters. The molecule has 0 aromatic heterocycles. The first-order valence-corrected chi connectivity index (χ1v) is 7.91. The molecule has 0 fully saturated rings. The third kappa shape index (κ3) is 5.50. The van der Waals surface area contributed by atoms with Crippen molar-refractivity contribution in [2.45, 2.75) is 59.5 Å². The second-order valence-corrected chi connectivity index (χ2v) is 6.69. The van der Waals surface area contributed by atoms with E-state index in [1.165, 1.54) is 5.56 Å². The van der Waals surface area contributed by atoms with E-state index < -0.39 is 5.54 Å². The van der Waals surface area contributed by atoms with Gasteiger partial charge in [-0.2, -0.15) is 0 Å². The van der Waals surface area contributed by atoms with E-state index in [1.54, 1.807) is 0 Å². The quantitative estimate of drug-likeness (QED) is 0.807. The van der Waals surface area contributed by atoms with Gasteiger partial charge >= 0.3 is 0 Å². The monoisotopic (exact) mass is 290 g/mol. The predicted molar refractivity (Wildman–Crippen MR) is 89.3 cm³/mol. The first-order valence-electron chi connectivity index (χ1n) is 7.91. The largest absolute Gasteiger partial charge is 0.348 e. The van der Waals surface area contributed by atoms with Crippen LogP contribution in [-0.2, 0) is 11.2 Å². The Labute approximate surface area is 129 Å². The first kappa shape index (κ1) is 17.7.